The topological polar surface area (TPSA) is 106 Å². The Labute approximate surface area is 216 Å². The van der Waals surface area contributed by atoms with E-state index in [1.165, 1.54) is 12.7 Å². The monoisotopic (exact) mass is 498 g/mol. The van der Waals surface area contributed by atoms with Crippen molar-refractivity contribution in [3.63, 3.8) is 0 Å². The normalized spacial score (nSPS) is 12.4. The fourth-order valence-electron chi connectivity index (χ4n) is 3.84. The summed E-state index contributed by atoms with van der Waals surface area (Å²) in [6, 6.07) is 24.3. The third kappa shape index (κ3) is 6.82. The summed E-state index contributed by atoms with van der Waals surface area (Å²) in [6.45, 7) is 4.54. The number of nitrogens with zero attached hydrogens (tertiary/aromatic N) is 2. The van der Waals surface area contributed by atoms with Gasteiger partial charge in [0, 0.05) is 28.9 Å². The Balaban J connectivity index is 1.26. The molecule has 37 heavy (non-hydrogen) atoms. The average molecular weight is 499 g/mol. The lowest BCUT2D eigenvalue weighted by Crippen LogP contribution is -2.39. The van der Waals surface area contributed by atoms with Crippen LogP contribution in [0.4, 0.5) is 5.69 Å². The van der Waals surface area contributed by atoms with Gasteiger partial charge in [-0.25, -0.2) is 4.79 Å². The van der Waals surface area contributed by atoms with Crippen LogP contribution in [0.3, 0.4) is 0 Å². The number of ether oxygens (including phenoxy) is 1. The van der Waals surface area contributed by atoms with Crippen molar-refractivity contribution in [1.82, 2.24) is 15.5 Å². The minimum atomic E-state index is -0.705. The maximum absolute atomic E-state index is 12.3. The van der Waals surface area contributed by atoms with E-state index in [0.717, 1.165) is 29.8 Å². The Bertz CT molecular complexity index is 1320. The third-order valence-corrected chi connectivity index (χ3v) is 5.93. The number of methoxy groups -OCH3 is 1. The fourth-order valence-corrected chi connectivity index (χ4v) is 3.84. The predicted molar refractivity (Wildman–Crippen MR) is 142 cm³/mol. The summed E-state index contributed by atoms with van der Waals surface area (Å²) in [5, 5.41) is 14.4. The Morgan fingerprint density at radius 2 is 1.49 bits per heavy atom. The number of amides is 1. The van der Waals surface area contributed by atoms with Crippen LogP contribution in [0, 0.1) is 5.92 Å². The van der Waals surface area contributed by atoms with Crippen molar-refractivity contribution in [3.05, 3.63) is 90.0 Å². The van der Waals surface area contributed by atoms with Crippen molar-refractivity contribution >= 4 is 17.6 Å². The second-order valence-corrected chi connectivity index (χ2v) is 8.96. The Morgan fingerprint density at radius 1 is 0.865 bits per heavy atom. The van der Waals surface area contributed by atoms with Crippen molar-refractivity contribution < 1.29 is 18.7 Å². The number of hydrogen-bond donors (Lipinski definition) is 2. The van der Waals surface area contributed by atoms with Crippen molar-refractivity contribution in [1.29, 1.82) is 0 Å². The van der Waals surface area contributed by atoms with Gasteiger partial charge in [-0.05, 0) is 73.4 Å². The van der Waals surface area contributed by atoms with E-state index >= 15 is 0 Å². The number of rotatable bonds is 10. The zero-order chi connectivity index (χ0) is 26.2. The molecule has 1 aromatic heterocycles. The Morgan fingerprint density at radius 3 is 2.11 bits per heavy atom. The highest BCUT2D eigenvalue weighted by molar-refractivity contribution is 5.96. The molecule has 0 aliphatic rings. The molecule has 0 aliphatic heterocycles. The number of hydrogen-bond acceptors (Lipinski definition) is 7. The number of aromatic nitrogens is 2. The molecule has 1 heterocycles. The molecule has 8 nitrogen and oxygen atoms in total. The van der Waals surface area contributed by atoms with Crippen LogP contribution >= 0.6 is 0 Å². The molecular weight excluding hydrogens is 468 g/mol. The largest absolute Gasteiger partial charge is 0.467 e. The molecule has 4 rings (SSSR count). The molecule has 0 saturated carbocycles. The molecule has 1 amide bonds. The predicted octanol–water partition coefficient (Wildman–Crippen LogP) is 4.99. The SMILES string of the molecule is COC(=O)[C@H](C)NC(=O)c1ccc(NCC(C)Cc2ccc(-c3nnc(-c4ccccc4)o3)cc2)cc1. The molecule has 0 aliphatic carbocycles. The first-order valence-corrected chi connectivity index (χ1v) is 12.1. The van der Waals surface area contributed by atoms with Crippen LogP contribution in [0.25, 0.3) is 22.9 Å². The molecule has 1 unspecified atom stereocenters. The molecule has 8 heteroatoms. The zero-order valence-corrected chi connectivity index (χ0v) is 21.1. The van der Waals surface area contributed by atoms with E-state index in [4.69, 9.17) is 4.42 Å². The van der Waals surface area contributed by atoms with Crippen LogP contribution in [0.15, 0.2) is 83.3 Å². The van der Waals surface area contributed by atoms with Gasteiger partial charge in [0.2, 0.25) is 11.8 Å². The molecule has 0 spiro atoms. The molecule has 2 N–H and O–H groups in total. The molecule has 0 fully saturated rings. The van der Waals surface area contributed by atoms with E-state index in [1.54, 1.807) is 19.1 Å². The van der Waals surface area contributed by atoms with E-state index in [9.17, 15) is 9.59 Å². The summed E-state index contributed by atoms with van der Waals surface area (Å²) in [5.74, 6) is 0.573. The van der Waals surface area contributed by atoms with Crippen LogP contribution in [-0.2, 0) is 16.0 Å². The summed E-state index contributed by atoms with van der Waals surface area (Å²) in [7, 11) is 1.29. The van der Waals surface area contributed by atoms with Crippen LogP contribution < -0.4 is 10.6 Å². The zero-order valence-electron chi connectivity index (χ0n) is 21.1. The van der Waals surface area contributed by atoms with Gasteiger partial charge in [0.15, 0.2) is 0 Å². The van der Waals surface area contributed by atoms with E-state index in [1.807, 2.05) is 54.6 Å². The quantitative estimate of drug-likeness (QED) is 0.297. The number of esters is 1. The van der Waals surface area contributed by atoms with Gasteiger partial charge in [0.1, 0.15) is 6.04 Å². The summed E-state index contributed by atoms with van der Waals surface area (Å²) in [6.07, 6.45) is 0.901. The number of carbonyl (C=O) groups excluding carboxylic acids is 2. The highest BCUT2D eigenvalue weighted by Gasteiger charge is 2.17. The van der Waals surface area contributed by atoms with Gasteiger partial charge in [-0.1, -0.05) is 37.3 Å². The Hall–Kier alpha value is -4.46. The average Bonchev–Trinajstić information content (AvgIpc) is 3.43. The number of anilines is 1. The first kappa shape index (κ1) is 25.6. The van der Waals surface area contributed by atoms with Crippen LogP contribution in [-0.4, -0.2) is 41.8 Å². The summed E-state index contributed by atoms with van der Waals surface area (Å²) in [4.78, 5) is 23.8. The second-order valence-electron chi connectivity index (χ2n) is 8.96. The second kappa shape index (κ2) is 12.0. The van der Waals surface area contributed by atoms with Crippen molar-refractivity contribution in [2.24, 2.45) is 5.92 Å². The van der Waals surface area contributed by atoms with Gasteiger partial charge in [-0.3, -0.25) is 4.79 Å². The molecule has 0 radical (unpaired) electrons. The lowest BCUT2D eigenvalue weighted by Gasteiger charge is -2.15. The highest BCUT2D eigenvalue weighted by Crippen LogP contribution is 2.24. The van der Waals surface area contributed by atoms with Crippen molar-refractivity contribution in [2.45, 2.75) is 26.3 Å². The summed E-state index contributed by atoms with van der Waals surface area (Å²) < 4.78 is 10.5. The molecule has 0 bridgehead atoms. The summed E-state index contributed by atoms with van der Waals surface area (Å²) in [5.41, 5.74) is 4.39. The summed E-state index contributed by atoms with van der Waals surface area (Å²) >= 11 is 0. The third-order valence-electron chi connectivity index (χ3n) is 5.93. The maximum atomic E-state index is 12.3. The number of nitrogens with one attached hydrogen (secondary N) is 2. The molecule has 0 saturated heterocycles. The molecule has 3 aromatic carbocycles. The standard InChI is InChI=1S/C29H30N4O4/c1-19(18-30-25-15-13-22(14-16-25)26(34)31-20(2)29(35)36-3)17-21-9-11-24(12-10-21)28-33-32-27(37-28)23-7-5-4-6-8-23/h4-16,19-20,30H,17-18H2,1-3H3,(H,31,34)/t19?,20-/m0/s1. The van der Waals surface area contributed by atoms with Gasteiger partial charge in [-0.15, -0.1) is 10.2 Å². The van der Waals surface area contributed by atoms with E-state index in [-0.39, 0.29) is 5.91 Å². The minimum Gasteiger partial charge on any atom is -0.467 e. The van der Waals surface area contributed by atoms with Crippen LogP contribution in [0.2, 0.25) is 0 Å². The first-order valence-electron chi connectivity index (χ1n) is 12.1. The van der Waals surface area contributed by atoms with Gasteiger partial charge >= 0.3 is 5.97 Å². The molecule has 2 atom stereocenters. The molecular formula is C29H30N4O4. The van der Waals surface area contributed by atoms with Crippen LogP contribution in [0.1, 0.15) is 29.8 Å². The van der Waals surface area contributed by atoms with E-state index in [0.29, 0.717) is 23.3 Å². The van der Waals surface area contributed by atoms with E-state index < -0.39 is 12.0 Å². The van der Waals surface area contributed by atoms with Crippen molar-refractivity contribution in [2.75, 3.05) is 19.0 Å². The molecule has 4 aromatic rings. The van der Waals surface area contributed by atoms with Crippen molar-refractivity contribution in [3.8, 4) is 22.9 Å². The Kier molecular flexibility index (Phi) is 8.30. The van der Waals surface area contributed by atoms with Gasteiger partial charge < -0.3 is 19.8 Å². The van der Waals surface area contributed by atoms with Gasteiger partial charge in [0.05, 0.1) is 7.11 Å². The number of benzene rings is 3. The first-order chi connectivity index (χ1) is 17.9. The lowest BCUT2D eigenvalue weighted by molar-refractivity contribution is -0.142. The smallest absolute Gasteiger partial charge is 0.328 e. The van der Waals surface area contributed by atoms with Crippen LogP contribution in [0.5, 0.6) is 0 Å². The highest BCUT2D eigenvalue weighted by atomic mass is 16.5. The fraction of sp³-hybridized carbons (Fsp3) is 0.241. The maximum Gasteiger partial charge on any atom is 0.328 e. The minimum absolute atomic E-state index is 0.321. The van der Waals surface area contributed by atoms with E-state index in [2.05, 4.69) is 44.6 Å². The lowest BCUT2D eigenvalue weighted by atomic mass is 10.00. The number of carbonyl (C=O) groups is 2. The molecule has 190 valence electrons. The van der Waals surface area contributed by atoms with Gasteiger partial charge in [-0.2, -0.15) is 0 Å². The van der Waals surface area contributed by atoms with Gasteiger partial charge in [0.25, 0.3) is 5.91 Å².